The molecule has 1 aromatic carbocycles. The zero-order valence-corrected chi connectivity index (χ0v) is 12.5. The Morgan fingerprint density at radius 1 is 1.30 bits per heavy atom. The molecule has 1 fully saturated rings. The molecule has 4 nitrogen and oxygen atoms in total. The first-order chi connectivity index (χ1) is 9.41. The highest BCUT2D eigenvalue weighted by molar-refractivity contribution is 7.89. The van der Waals surface area contributed by atoms with E-state index in [-0.39, 0.29) is 10.6 Å². The van der Waals surface area contributed by atoms with Gasteiger partial charge in [-0.1, -0.05) is 19.3 Å². The number of anilines is 1. The molecule has 0 heterocycles. The second-order valence-corrected chi connectivity index (χ2v) is 7.52. The summed E-state index contributed by atoms with van der Waals surface area (Å²) in [4.78, 5) is -0.0393. The maximum absolute atomic E-state index is 13.4. The van der Waals surface area contributed by atoms with Gasteiger partial charge in [0, 0.05) is 13.6 Å². The van der Waals surface area contributed by atoms with Crippen molar-refractivity contribution < 1.29 is 12.8 Å². The Balaban J connectivity index is 2.13. The number of nitrogens with two attached hydrogens (primary N) is 1. The van der Waals surface area contributed by atoms with Crippen LogP contribution in [0.5, 0.6) is 0 Å². The molecular weight excluding hydrogens is 279 g/mol. The number of hydrogen-bond donors (Lipinski definition) is 1. The molecule has 0 bridgehead atoms. The first-order valence-electron chi connectivity index (χ1n) is 6.92. The monoisotopic (exact) mass is 300 g/mol. The van der Waals surface area contributed by atoms with Crippen LogP contribution >= 0.6 is 0 Å². The predicted molar refractivity (Wildman–Crippen MR) is 77.2 cm³/mol. The van der Waals surface area contributed by atoms with Crippen LogP contribution in [0.25, 0.3) is 0 Å². The second kappa shape index (κ2) is 6.10. The van der Waals surface area contributed by atoms with Crippen molar-refractivity contribution in [1.82, 2.24) is 4.31 Å². The van der Waals surface area contributed by atoms with Crippen LogP contribution < -0.4 is 5.73 Å². The van der Waals surface area contributed by atoms with Gasteiger partial charge in [0.15, 0.2) is 0 Å². The lowest BCUT2D eigenvalue weighted by molar-refractivity contribution is 0.300. The molecule has 0 atom stereocenters. The van der Waals surface area contributed by atoms with Crippen molar-refractivity contribution in [3.05, 3.63) is 24.0 Å². The molecule has 1 saturated carbocycles. The molecule has 0 amide bonds. The van der Waals surface area contributed by atoms with Gasteiger partial charge in [0.2, 0.25) is 10.0 Å². The lowest BCUT2D eigenvalue weighted by atomic mass is 9.89. The average molecular weight is 300 g/mol. The smallest absolute Gasteiger partial charge is 0.242 e. The summed E-state index contributed by atoms with van der Waals surface area (Å²) in [6, 6.07) is 3.63. The summed E-state index contributed by atoms with van der Waals surface area (Å²) >= 11 is 0. The van der Waals surface area contributed by atoms with Crippen LogP contribution in [0.1, 0.15) is 32.1 Å². The summed E-state index contributed by atoms with van der Waals surface area (Å²) in [6.45, 7) is 0.494. The predicted octanol–water partition coefficient (Wildman–Crippen LogP) is 2.61. The van der Waals surface area contributed by atoms with E-state index in [0.29, 0.717) is 12.5 Å². The standard InChI is InChI=1S/C14H21FN2O2S/c1-17(10-11-5-3-2-4-6-11)20(18,19)12-7-8-14(16)13(15)9-12/h7-9,11H,2-6,10,16H2,1H3. The number of hydrogen-bond acceptors (Lipinski definition) is 3. The summed E-state index contributed by atoms with van der Waals surface area (Å²) < 4.78 is 39.5. The summed E-state index contributed by atoms with van der Waals surface area (Å²) in [5.41, 5.74) is 5.33. The maximum atomic E-state index is 13.4. The number of nitrogens with zero attached hydrogens (tertiary/aromatic N) is 1. The van der Waals surface area contributed by atoms with Crippen molar-refractivity contribution in [1.29, 1.82) is 0 Å². The molecule has 2 N–H and O–H groups in total. The van der Waals surface area contributed by atoms with Crippen molar-refractivity contribution in [3.8, 4) is 0 Å². The Morgan fingerprint density at radius 3 is 2.55 bits per heavy atom. The van der Waals surface area contributed by atoms with Crippen molar-refractivity contribution >= 4 is 15.7 Å². The highest BCUT2D eigenvalue weighted by Crippen LogP contribution is 2.26. The van der Waals surface area contributed by atoms with Gasteiger partial charge < -0.3 is 5.73 Å². The van der Waals surface area contributed by atoms with Gasteiger partial charge in [0.05, 0.1) is 10.6 Å². The molecule has 20 heavy (non-hydrogen) atoms. The third-order valence-electron chi connectivity index (χ3n) is 3.92. The molecule has 1 aliphatic rings. The second-order valence-electron chi connectivity index (χ2n) is 5.47. The minimum absolute atomic E-state index is 0.0393. The van der Waals surface area contributed by atoms with E-state index < -0.39 is 15.8 Å². The molecule has 1 aliphatic carbocycles. The van der Waals surface area contributed by atoms with E-state index in [4.69, 9.17) is 5.73 Å². The van der Waals surface area contributed by atoms with E-state index in [0.717, 1.165) is 31.7 Å². The van der Waals surface area contributed by atoms with Gasteiger partial charge in [0.25, 0.3) is 0 Å². The Hall–Kier alpha value is -1.14. The van der Waals surface area contributed by atoms with Crippen LogP contribution in [-0.4, -0.2) is 26.3 Å². The molecule has 0 aromatic heterocycles. The number of sulfonamides is 1. The third-order valence-corrected chi connectivity index (χ3v) is 5.74. The molecule has 2 rings (SSSR count). The van der Waals surface area contributed by atoms with Crippen molar-refractivity contribution in [2.75, 3.05) is 19.3 Å². The summed E-state index contributed by atoms with van der Waals surface area (Å²) in [6.07, 6.45) is 5.69. The lowest BCUT2D eigenvalue weighted by Gasteiger charge is -2.26. The number of benzene rings is 1. The van der Waals surface area contributed by atoms with Gasteiger partial charge in [0.1, 0.15) is 5.82 Å². The zero-order valence-electron chi connectivity index (χ0n) is 11.7. The van der Waals surface area contributed by atoms with Gasteiger partial charge in [-0.15, -0.1) is 0 Å². The van der Waals surface area contributed by atoms with Gasteiger partial charge in [-0.2, -0.15) is 0 Å². The summed E-state index contributed by atoms with van der Waals surface area (Å²) in [5.74, 6) is -0.292. The fraction of sp³-hybridized carbons (Fsp3) is 0.571. The van der Waals surface area contributed by atoms with Crippen molar-refractivity contribution in [2.45, 2.75) is 37.0 Å². The van der Waals surface area contributed by atoms with Crippen molar-refractivity contribution in [3.63, 3.8) is 0 Å². The van der Waals surface area contributed by atoms with E-state index in [1.165, 1.54) is 22.9 Å². The summed E-state index contributed by atoms with van der Waals surface area (Å²) in [7, 11) is -2.09. The fourth-order valence-corrected chi connectivity index (χ4v) is 3.94. The third kappa shape index (κ3) is 3.30. The van der Waals surface area contributed by atoms with Crippen LogP contribution in [0, 0.1) is 11.7 Å². The topological polar surface area (TPSA) is 63.4 Å². The Morgan fingerprint density at radius 2 is 1.95 bits per heavy atom. The van der Waals surface area contributed by atoms with Gasteiger partial charge in [-0.25, -0.2) is 17.1 Å². The van der Waals surface area contributed by atoms with Crippen LogP contribution in [0.2, 0.25) is 0 Å². The van der Waals surface area contributed by atoms with Crippen LogP contribution in [0.3, 0.4) is 0 Å². The molecule has 0 unspecified atom stereocenters. The number of rotatable bonds is 4. The molecule has 112 valence electrons. The Bertz CT molecular complexity index is 569. The molecule has 0 radical (unpaired) electrons. The first-order valence-corrected chi connectivity index (χ1v) is 8.36. The van der Waals surface area contributed by atoms with Crippen LogP contribution in [0.15, 0.2) is 23.1 Å². The Kier molecular flexibility index (Phi) is 4.65. The van der Waals surface area contributed by atoms with Crippen LogP contribution in [0.4, 0.5) is 10.1 Å². The Labute approximate surface area is 119 Å². The van der Waals surface area contributed by atoms with Crippen molar-refractivity contribution in [2.24, 2.45) is 5.92 Å². The van der Waals surface area contributed by atoms with E-state index in [1.54, 1.807) is 7.05 Å². The molecule has 1 aromatic rings. The highest BCUT2D eigenvalue weighted by Gasteiger charge is 2.25. The minimum atomic E-state index is -3.64. The fourth-order valence-electron chi connectivity index (χ4n) is 2.68. The molecule has 0 spiro atoms. The van der Waals surface area contributed by atoms with E-state index >= 15 is 0 Å². The quantitative estimate of drug-likeness (QED) is 0.869. The molecule has 0 saturated heterocycles. The zero-order chi connectivity index (χ0) is 14.8. The normalized spacial score (nSPS) is 17.6. The minimum Gasteiger partial charge on any atom is -0.396 e. The van der Waals surface area contributed by atoms with Gasteiger partial charge in [-0.3, -0.25) is 0 Å². The molecule has 6 heteroatoms. The maximum Gasteiger partial charge on any atom is 0.242 e. The van der Waals surface area contributed by atoms with E-state index in [1.807, 2.05) is 0 Å². The average Bonchev–Trinajstić information content (AvgIpc) is 2.42. The van der Waals surface area contributed by atoms with E-state index in [2.05, 4.69) is 0 Å². The first kappa shape index (κ1) is 15.3. The summed E-state index contributed by atoms with van der Waals surface area (Å²) in [5, 5.41) is 0. The molecular formula is C14H21FN2O2S. The molecule has 0 aliphatic heterocycles. The van der Waals surface area contributed by atoms with E-state index in [9.17, 15) is 12.8 Å². The van der Waals surface area contributed by atoms with Gasteiger partial charge >= 0.3 is 0 Å². The number of halogens is 1. The van der Waals surface area contributed by atoms with Gasteiger partial charge in [-0.05, 0) is 37.0 Å². The highest BCUT2D eigenvalue weighted by atomic mass is 32.2. The number of nitrogen functional groups attached to an aromatic ring is 1. The lowest BCUT2D eigenvalue weighted by Crippen LogP contribution is -2.32. The largest absolute Gasteiger partial charge is 0.396 e. The van der Waals surface area contributed by atoms with Crippen LogP contribution in [-0.2, 0) is 10.0 Å². The SMILES string of the molecule is CN(CC1CCCCC1)S(=O)(=O)c1ccc(N)c(F)c1.